The first-order chi connectivity index (χ1) is 16.9. The number of hydrogen-bond donors (Lipinski definition) is 0. The van der Waals surface area contributed by atoms with Gasteiger partial charge in [-0.3, -0.25) is 14.2 Å². The van der Waals surface area contributed by atoms with Gasteiger partial charge in [-0.25, -0.2) is 19.1 Å². The molecule has 14 heteroatoms. The predicted molar refractivity (Wildman–Crippen MR) is 123 cm³/mol. The van der Waals surface area contributed by atoms with E-state index in [0.717, 1.165) is 4.68 Å². The largest absolute Gasteiger partial charge is 0.451 e. The number of carbonyl (C=O) groups is 2. The van der Waals surface area contributed by atoms with Crippen LogP contribution in [-0.2, 0) is 17.9 Å². The normalized spacial score (nSPS) is 11.6. The van der Waals surface area contributed by atoms with Crippen molar-refractivity contribution in [3.8, 4) is 17.1 Å². The molecular weight excluding hydrogens is 524 g/mol. The average Bonchev–Trinajstić information content (AvgIpc) is 3.36. The summed E-state index contributed by atoms with van der Waals surface area (Å²) in [5, 5.41) is 9.11. The fraction of sp³-hybridized carbons (Fsp3) is 0.182. The molecule has 2 aromatic heterocycles. The molecule has 4 aromatic rings. The Labute approximate surface area is 210 Å². The molecule has 0 fully saturated rings. The zero-order chi connectivity index (χ0) is 26.2. The van der Waals surface area contributed by atoms with Crippen LogP contribution in [0.5, 0.6) is 0 Å². The van der Waals surface area contributed by atoms with Crippen LogP contribution >= 0.6 is 23.2 Å². The highest BCUT2D eigenvalue weighted by molar-refractivity contribution is 6.31. The summed E-state index contributed by atoms with van der Waals surface area (Å²) >= 11 is 11.9. The Kier molecular flexibility index (Phi) is 6.83. The smallest absolute Gasteiger partial charge is 0.291 e. The zero-order valence-corrected chi connectivity index (χ0v) is 19.8. The highest BCUT2D eigenvalue weighted by Gasteiger charge is 2.39. The van der Waals surface area contributed by atoms with Gasteiger partial charge in [0, 0.05) is 22.5 Å². The molecule has 0 radical (unpaired) electrons. The van der Waals surface area contributed by atoms with E-state index >= 15 is 0 Å². The lowest BCUT2D eigenvalue weighted by atomic mass is 10.2. The summed E-state index contributed by atoms with van der Waals surface area (Å²) < 4.78 is 41.5. The van der Waals surface area contributed by atoms with Crippen LogP contribution in [-0.4, -0.2) is 46.9 Å². The second-order valence-electron chi connectivity index (χ2n) is 7.58. The second kappa shape index (κ2) is 9.70. The zero-order valence-electron chi connectivity index (χ0n) is 18.3. The fourth-order valence-electron chi connectivity index (χ4n) is 3.30. The van der Waals surface area contributed by atoms with Crippen molar-refractivity contribution in [3.63, 3.8) is 0 Å². The topological polar surface area (TPSA) is 105 Å². The number of halogens is 5. The number of aromatic nitrogens is 6. The summed E-state index contributed by atoms with van der Waals surface area (Å²) in [5.41, 5.74) is -0.310. The van der Waals surface area contributed by atoms with Gasteiger partial charge in [0.25, 0.3) is 5.78 Å². The van der Waals surface area contributed by atoms with Gasteiger partial charge in [-0.2, -0.15) is 13.2 Å². The van der Waals surface area contributed by atoms with Gasteiger partial charge in [-0.1, -0.05) is 29.3 Å². The van der Waals surface area contributed by atoms with Crippen LogP contribution < -0.4 is 5.69 Å². The van der Waals surface area contributed by atoms with Gasteiger partial charge in [0.15, 0.2) is 23.3 Å². The van der Waals surface area contributed by atoms with E-state index in [1.807, 2.05) is 0 Å². The van der Waals surface area contributed by atoms with Gasteiger partial charge < -0.3 is 0 Å². The van der Waals surface area contributed by atoms with Crippen LogP contribution in [0.15, 0.2) is 53.3 Å². The Balaban J connectivity index is 1.78. The first kappa shape index (κ1) is 25.3. The molecule has 2 aromatic carbocycles. The maximum atomic E-state index is 13.0. The molecule has 2 heterocycles. The molecule has 186 valence electrons. The number of Topliss-reactive ketones (excluding diaryl/α,β-unsaturated/α-hetero) is 2. The molecule has 0 bridgehead atoms. The molecule has 36 heavy (non-hydrogen) atoms. The Bertz CT molecular complexity index is 1520. The van der Waals surface area contributed by atoms with Crippen LogP contribution in [0, 0.1) is 0 Å². The predicted octanol–water partition coefficient (Wildman–Crippen LogP) is 3.98. The number of ketones is 2. The van der Waals surface area contributed by atoms with Crippen LogP contribution in [0.4, 0.5) is 13.2 Å². The van der Waals surface area contributed by atoms with Crippen molar-refractivity contribution in [2.75, 3.05) is 0 Å². The van der Waals surface area contributed by atoms with E-state index in [1.54, 1.807) is 24.3 Å². The molecule has 0 aliphatic rings. The van der Waals surface area contributed by atoms with Crippen LogP contribution in [0.2, 0.25) is 10.0 Å². The molecule has 9 nitrogen and oxygen atoms in total. The third-order valence-corrected chi connectivity index (χ3v) is 5.44. The van der Waals surface area contributed by atoms with Crippen molar-refractivity contribution in [3.05, 3.63) is 80.7 Å². The molecule has 0 atom stereocenters. The van der Waals surface area contributed by atoms with Gasteiger partial charge in [0.2, 0.25) is 0 Å². The van der Waals surface area contributed by atoms with E-state index in [9.17, 15) is 27.6 Å². The molecular formula is C22H15Cl2F3N6O3. The lowest BCUT2D eigenvalue weighted by Gasteiger charge is -2.07. The molecule has 0 aliphatic heterocycles. The van der Waals surface area contributed by atoms with E-state index in [-0.39, 0.29) is 29.6 Å². The first-order valence-corrected chi connectivity index (χ1v) is 11.0. The summed E-state index contributed by atoms with van der Waals surface area (Å²) in [6.07, 6.45) is -5.15. The quantitative estimate of drug-likeness (QED) is 0.329. The molecule has 0 aliphatic carbocycles. The third-order valence-electron chi connectivity index (χ3n) is 4.95. The van der Waals surface area contributed by atoms with Gasteiger partial charge in [-0.05, 0) is 42.5 Å². The van der Waals surface area contributed by atoms with E-state index in [4.69, 9.17) is 23.2 Å². The van der Waals surface area contributed by atoms with Crippen molar-refractivity contribution in [1.82, 2.24) is 29.1 Å². The second-order valence-corrected chi connectivity index (χ2v) is 8.45. The van der Waals surface area contributed by atoms with Gasteiger partial charge in [-0.15, -0.1) is 10.2 Å². The van der Waals surface area contributed by atoms with E-state index in [1.165, 1.54) is 35.9 Å². The Morgan fingerprint density at radius 1 is 1.00 bits per heavy atom. The number of alkyl halides is 3. The van der Waals surface area contributed by atoms with Crippen molar-refractivity contribution in [2.45, 2.75) is 26.2 Å². The number of rotatable bonds is 7. The maximum Gasteiger partial charge on any atom is 0.451 e. The summed E-state index contributed by atoms with van der Waals surface area (Å²) in [5.74, 6) is -2.80. The van der Waals surface area contributed by atoms with Crippen molar-refractivity contribution >= 4 is 34.8 Å². The number of carbonyl (C=O) groups excluding carboxylic acids is 2. The van der Waals surface area contributed by atoms with Crippen LogP contribution in [0.3, 0.4) is 0 Å². The molecule has 0 saturated heterocycles. The lowest BCUT2D eigenvalue weighted by molar-refractivity contribution is -0.171. The average molecular weight is 539 g/mol. The number of benzene rings is 2. The Morgan fingerprint density at radius 2 is 1.69 bits per heavy atom. The lowest BCUT2D eigenvalue weighted by Crippen LogP contribution is -2.33. The minimum atomic E-state index is -5.15. The number of hydrogen-bond acceptors (Lipinski definition) is 6. The monoisotopic (exact) mass is 538 g/mol. The summed E-state index contributed by atoms with van der Waals surface area (Å²) in [6.45, 7) is -0.388. The van der Waals surface area contributed by atoms with Crippen molar-refractivity contribution in [1.29, 1.82) is 0 Å². The summed E-state index contributed by atoms with van der Waals surface area (Å²) in [6, 6.07) is 12.3. The summed E-state index contributed by atoms with van der Waals surface area (Å²) in [4.78, 5) is 41.0. The van der Waals surface area contributed by atoms with E-state index in [0.29, 0.717) is 20.3 Å². The fourth-order valence-corrected chi connectivity index (χ4v) is 3.61. The van der Waals surface area contributed by atoms with E-state index < -0.39 is 30.0 Å². The summed E-state index contributed by atoms with van der Waals surface area (Å²) in [7, 11) is 0. The van der Waals surface area contributed by atoms with Gasteiger partial charge in [0.1, 0.15) is 6.54 Å². The highest BCUT2D eigenvalue weighted by Crippen LogP contribution is 2.22. The SMILES string of the molecule is CC(=O)c1nc(Cn2nc(-c3ccc(Cl)cc3)n(CC(=O)C(F)(F)F)c2=O)nn1-c1cccc(Cl)c1. The minimum absolute atomic E-state index is 0.0169. The van der Waals surface area contributed by atoms with Crippen molar-refractivity contribution in [2.24, 2.45) is 0 Å². The molecule has 0 saturated carbocycles. The highest BCUT2D eigenvalue weighted by atomic mass is 35.5. The molecule has 0 N–H and O–H groups in total. The minimum Gasteiger partial charge on any atom is -0.291 e. The van der Waals surface area contributed by atoms with Crippen LogP contribution in [0.1, 0.15) is 23.4 Å². The molecule has 0 spiro atoms. The van der Waals surface area contributed by atoms with Crippen LogP contribution in [0.25, 0.3) is 17.1 Å². The standard InChI is InChI=1S/C22H15Cl2F3N6O3/c1-12(34)19-28-18(29-33(19)16-4-2-3-15(24)9-16)11-32-21(36)31(10-17(35)22(25,26)27)20(30-32)13-5-7-14(23)8-6-13/h2-9H,10-11H2,1H3. The molecule has 0 unspecified atom stereocenters. The Hall–Kier alpha value is -3.77. The maximum absolute atomic E-state index is 13.0. The number of nitrogens with zero attached hydrogens (tertiary/aromatic N) is 6. The first-order valence-electron chi connectivity index (χ1n) is 10.2. The van der Waals surface area contributed by atoms with Gasteiger partial charge in [0.05, 0.1) is 12.2 Å². The molecule has 4 rings (SSSR count). The van der Waals surface area contributed by atoms with Gasteiger partial charge >= 0.3 is 11.9 Å². The Morgan fingerprint density at radius 3 is 2.31 bits per heavy atom. The third kappa shape index (κ3) is 5.24. The van der Waals surface area contributed by atoms with E-state index in [2.05, 4.69) is 15.2 Å². The molecule has 0 amide bonds. The van der Waals surface area contributed by atoms with Crippen molar-refractivity contribution < 1.29 is 22.8 Å².